The Bertz CT molecular complexity index is 328. The van der Waals surface area contributed by atoms with Gasteiger partial charge in [0.15, 0.2) is 0 Å². The van der Waals surface area contributed by atoms with E-state index in [0.29, 0.717) is 0 Å². The molecule has 1 saturated heterocycles. The fourth-order valence-electron chi connectivity index (χ4n) is 2.51. The van der Waals surface area contributed by atoms with E-state index in [0.717, 1.165) is 13.0 Å². The van der Waals surface area contributed by atoms with Crippen molar-refractivity contribution in [1.82, 2.24) is 0 Å². The molecule has 0 radical (unpaired) electrons. The molecule has 1 fully saturated rings. The van der Waals surface area contributed by atoms with Gasteiger partial charge in [-0.3, -0.25) is 0 Å². The number of ether oxygens (including phenoxy) is 1. The van der Waals surface area contributed by atoms with Gasteiger partial charge in [0.2, 0.25) is 0 Å². The third-order valence-electron chi connectivity index (χ3n) is 3.32. The maximum Gasteiger partial charge on any atom is 0.0831 e. The number of hydrogen-bond acceptors (Lipinski definition) is 1. The molecule has 2 rings (SSSR count). The normalized spacial score (nSPS) is 26.0. The van der Waals surface area contributed by atoms with Crippen LogP contribution < -0.4 is 0 Å². The molecule has 0 saturated carbocycles. The van der Waals surface area contributed by atoms with Crippen molar-refractivity contribution >= 4 is 9.52 Å². The van der Waals surface area contributed by atoms with E-state index in [1.807, 2.05) is 0 Å². The molecule has 2 heteroatoms. The van der Waals surface area contributed by atoms with Gasteiger partial charge < -0.3 is 4.74 Å². The zero-order valence-electron chi connectivity index (χ0n) is 9.82. The quantitative estimate of drug-likeness (QED) is 0.725. The van der Waals surface area contributed by atoms with Crippen molar-refractivity contribution in [2.75, 3.05) is 6.61 Å². The molecule has 86 valence electrons. The minimum atomic E-state index is -0.333. The summed E-state index contributed by atoms with van der Waals surface area (Å²) in [6.45, 7) is 4.86. The molecule has 0 bridgehead atoms. The molecule has 0 amide bonds. The van der Waals surface area contributed by atoms with Crippen molar-refractivity contribution in [2.45, 2.75) is 30.9 Å². The van der Waals surface area contributed by atoms with Crippen LogP contribution >= 0.6 is 0 Å². The van der Waals surface area contributed by atoms with Gasteiger partial charge in [-0.25, -0.2) is 0 Å². The summed E-state index contributed by atoms with van der Waals surface area (Å²) in [5, 5.41) is 0.154. The molecule has 1 nitrogen and oxygen atoms in total. The average molecular weight is 232 g/mol. The minimum absolute atomic E-state index is 0.154. The third-order valence-corrected chi connectivity index (χ3v) is 5.16. The monoisotopic (exact) mass is 232 g/mol. The van der Waals surface area contributed by atoms with Gasteiger partial charge in [0.05, 0.1) is 14.7 Å². The smallest absolute Gasteiger partial charge is 0.0831 e. The van der Waals surface area contributed by atoms with Gasteiger partial charge in [0.25, 0.3) is 0 Å². The zero-order valence-corrected chi connectivity index (χ0v) is 11.2. The zero-order chi connectivity index (χ0) is 11.3. The summed E-state index contributed by atoms with van der Waals surface area (Å²) in [5.74, 6) is 0. The van der Waals surface area contributed by atoms with Crippen LogP contribution in [0.15, 0.2) is 42.6 Å². The molecule has 0 N–H and O–H groups in total. The van der Waals surface area contributed by atoms with E-state index in [4.69, 9.17) is 4.74 Å². The third kappa shape index (κ3) is 2.83. The molecule has 1 heterocycles. The highest BCUT2D eigenvalue weighted by molar-refractivity contribution is 6.45. The predicted octanol–water partition coefficient (Wildman–Crippen LogP) is 2.44. The van der Waals surface area contributed by atoms with Crippen LogP contribution in [0.5, 0.6) is 0 Å². The van der Waals surface area contributed by atoms with Crippen LogP contribution in [0, 0.1) is 0 Å². The second-order valence-electron chi connectivity index (χ2n) is 4.64. The fourth-order valence-corrected chi connectivity index (χ4v) is 4.19. The van der Waals surface area contributed by atoms with Crippen LogP contribution in [0.1, 0.15) is 24.8 Å². The molecular formula is C14H20OSi. The lowest BCUT2D eigenvalue weighted by Gasteiger charge is -2.37. The second kappa shape index (κ2) is 5.46. The lowest BCUT2D eigenvalue weighted by Crippen LogP contribution is -2.43. The van der Waals surface area contributed by atoms with Crippen molar-refractivity contribution in [3.8, 4) is 0 Å². The molecule has 0 spiro atoms. The van der Waals surface area contributed by atoms with Gasteiger partial charge in [0.1, 0.15) is 0 Å². The minimum Gasteiger partial charge on any atom is -0.378 e. The molecular weight excluding hydrogens is 212 g/mol. The van der Waals surface area contributed by atoms with Gasteiger partial charge in [-0.2, -0.15) is 0 Å². The van der Waals surface area contributed by atoms with E-state index >= 15 is 0 Å². The summed E-state index contributed by atoms with van der Waals surface area (Å²) >= 11 is 0. The highest BCUT2D eigenvalue weighted by atomic mass is 28.2. The Morgan fingerprint density at radius 2 is 2.12 bits per heavy atom. The molecule has 1 atom stereocenters. The SMILES string of the molecule is C=C[SiH2]C1(Cc2ccccc2)CCCCO1. The Morgan fingerprint density at radius 1 is 1.31 bits per heavy atom. The van der Waals surface area contributed by atoms with E-state index in [-0.39, 0.29) is 14.7 Å². The summed E-state index contributed by atoms with van der Waals surface area (Å²) in [5.41, 5.74) is 3.53. The van der Waals surface area contributed by atoms with Crippen molar-refractivity contribution in [3.63, 3.8) is 0 Å². The second-order valence-corrected chi connectivity index (χ2v) is 6.92. The van der Waals surface area contributed by atoms with Crippen LogP contribution in [0.25, 0.3) is 0 Å². The van der Waals surface area contributed by atoms with E-state index < -0.39 is 0 Å². The Labute approximate surface area is 100 Å². The van der Waals surface area contributed by atoms with Crippen LogP contribution in [-0.2, 0) is 11.2 Å². The van der Waals surface area contributed by atoms with E-state index in [2.05, 4.69) is 42.6 Å². The lowest BCUT2D eigenvalue weighted by molar-refractivity contribution is -0.0187. The first kappa shape index (κ1) is 11.6. The van der Waals surface area contributed by atoms with E-state index in [1.165, 1.54) is 24.8 Å². The molecule has 1 aromatic carbocycles. The first-order chi connectivity index (χ1) is 7.85. The van der Waals surface area contributed by atoms with E-state index in [9.17, 15) is 0 Å². The molecule has 1 aliphatic heterocycles. The van der Waals surface area contributed by atoms with Crippen LogP contribution in [0.4, 0.5) is 0 Å². The standard InChI is InChI=1S/C14H20OSi/c1-2-16-14(10-6-7-11-15-14)12-13-8-4-3-5-9-13/h2-5,8-9H,1,6-7,10-12,16H2. The van der Waals surface area contributed by atoms with E-state index in [1.54, 1.807) is 0 Å². The topological polar surface area (TPSA) is 9.23 Å². The maximum atomic E-state index is 6.10. The van der Waals surface area contributed by atoms with Gasteiger partial charge in [0, 0.05) is 6.61 Å². The largest absolute Gasteiger partial charge is 0.378 e. The van der Waals surface area contributed by atoms with Crippen molar-refractivity contribution in [2.24, 2.45) is 0 Å². The lowest BCUT2D eigenvalue weighted by atomic mass is 10.0. The van der Waals surface area contributed by atoms with Crippen LogP contribution in [0.2, 0.25) is 0 Å². The van der Waals surface area contributed by atoms with Crippen molar-refractivity contribution in [1.29, 1.82) is 0 Å². The highest BCUT2D eigenvalue weighted by Crippen LogP contribution is 2.28. The summed E-state index contributed by atoms with van der Waals surface area (Å²) in [4.78, 5) is 0. The Kier molecular flexibility index (Phi) is 3.96. The van der Waals surface area contributed by atoms with Crippen molar-refractivity contribution < 1.29 is 4.74 Å². The number of hydrogen-bond donors (Lipinski definition) is 0. The Hall–Kier alpha value is -0.863. The molecule has 16 heavy (non-hydrogen) atoms. The Balaban J connectivity index is 2.10. The number of benzene rings is 1. The van der Waals surface area contributed by atoms with Crippen molar-refractivity contribution in [3.05, 3.63) is 48.2 Å². The summed E-state index contributed by atoms with van der Waals surface area (Å²) in [7, 11) is -0.333. The Morgan fingerprint density at radius 3 is 2.75 bits per heavy atom. The fraction of sp³-hybridized carbons (Fsp3) is 0.429. The molecule has 1 aliphatic rings. The molecule has 1 unspecified atom stereocenters. The highest BCUT2D eigenvalue weighted by Gasteiger charge is 2.32. The maximum absolute atomic E-state index is 6.10. The molecule has 0 aliphatic carbocycles. The molecule has 1 aromatic rings. The van der Waals surface area contributed by atoms with Crippen LogP contribution in [-0.4, -0.2) is 21.4 Å². The van der Waals surface area contributed by atoms with Gasteiger partial charge >= 0.3 is 0 Å². The average Bonchev–Trinajstić information content (AvgIpc) is 2.31. The first-order valence-electron chi connectivity index (χ1n) is 6.13. The predicted molar refractivity (Wildman–Crippen MR) is 71.4 cm³/mol. The van der Waals surface area contributed by atoms with Gasteiger partial charge in [-0.1, -0.05) is 30.3 Å². The van der Waals surface area contributed by atoms with Crippen LogP contribution in [0.3, 0.4) is 0 Å². The summed E-state index contributed by atoms with van der Waals surface area (Å²) < 4.78 is 6.10. The van der Waals surface area contributed by atoms with Gasteiger partial charge in [-0.05, 0) is 31.2 Å². The first-order valence-corrected chi connectivity index (χ1v) is 7.66. The summed E-state index contributed by atoms with van der Waals surface area (Å²) in [6.07, 6.45) is 4.84. The number of rotatable bonds is 4. The van der Waals surface area contributed by atoms with Gasteiger partial charge in [-0.15, -0.1) is 12.3 Å². The summed E-state index contributed by atoms with van der Waals surface area (Å²) in [6, 6.07) is 10.7. The molecule has 0 aromatic heterocycles.